The molecular weight excluding hydrogens is 460 g/mol. The first-order valence-corrected chi connectivity index (χ1v) is 13.0. The fraction of sp³-hybridized carbons (Fsp3) is 0.600. The first-order valence-electron chi connectivity index (χ1n) is 12.1. The molecule has 0 unspecified atom stereocenters. The van der Waals surface area contributed by atoms with Crippen LogP contribution in [0.3, 0.4) is 0 Å². The van der Waals surface area contributed by atoms with Gasteiger partial charge in [0.2, 0.25) is 5.91 Å². The summed E-state index contributed by atoms with van der Waals surface area (Å²) in [6.07, 6.45) is 4.25. The van der Waals surface area contributed by atoms with Gasteiger partial charge in [0.25, 0.3) is 11.6 Å². The summed E-state index contributed by atoms with van der Waals surface area (Å²) in [7, 11) is 0. The van der Waals surface area contributed by atoms with Gasteiger partial charge in [-0.3, -0.25) is 9.69 Å². The fourth-order valence-electron chi connectivity index (χ4n) is 4.65. The predicted molar refractivity (Wildman–Crippen MR) is 128 cm³/mol. The minimum atomic E-state index is -2.48. The van der Waals surface area contributed by atoms with Crippen LogP contribution >= 0.6 is 11.3 Å². The number of nitrogens with one attached hydrogen (secondary N) is 1. The Bertz CT molecular complexity index is 904. The highest BCUT2D eigenvalue weighted by atomic mass is 32.1. The highest BCUT2D eigenvalue weighted by Gasteiger charge is 2.25. The van der Waals surface area contributed by atoms with Crippen molar-refractivity contribution in [1.29, 1.82) is 0 Å². The van der Waals surface area contributed by atoms with Gasteiger partial charge in [0.1, 0.15) is 5.75 Å². The lowest BCUT2D eigenvalue weighted by Crippen LogP contribution is -2.38. The van der Waals surface area contributed by atoms with E-state index in [2.05, 4.69) is 15.2 Å². The van der Waals surface area contributed by atoms with E-state index in [1.807, 2.05) is 30.3 Å². The largest absolute Gasteiger partial charge is 0.493 e. The fourth-order valence-corrected chi connectivity index (χ4v) is 5.57. The first-order chi connectivity index (χ1) is 16.5. The molecule has 1 amide bonds. The molecule has 1 aromatic heterocycles. The number of alkyl halides is 2. The van der Waals surface area contributed by atoms with Crippen molar-refractivity contribution in [3.63, 3.8) is 0 Å². The van der Waals surface area contributed by atoms with Gasteiger partial charge in [-0.05, 0) is 63.1 Å². The molecule has 2 aromatic rings. The number of thiazole rings is 1. The summed E-state index contributed by atoms with van der Waals surface area (Å²) in [6.45, 7) is 2.55. The lowest BCUT2D eigenvalue weighted by atomic mass is 9.84. The number of ether oxygens (including phenoxy) is 2. The number of carbonyl (C=O) groups excluding carboxylic acids is 1. The number of amides is 1. The van der Waals surface area contributed by atoms with Crippen LogP contribution in [0.1, 0.15) is 49.1 Å². The summed E-state index contributed by atoms with van der Waals surface area (Å²) in [5, 5.41) is 3.53. The Kier molecular flexibility index (Phi) is 9.10. The minimum absolute atomic E-state index is 0.0589. The number of rotatable bonds is 11. The maximum Gasteiger partial charge on any atom is 0.273 e. The predicted octanol–water partition coefficient (Wildman–Crippen LogP) is 4.68. The van der Waals surface area contributed by atoms with Gasteiger partial charge in [-0.1, -0.05) is 29.5 Å². The smallest absolute Gasteiger partial charge is 0.273 e. The second-order valence-electron chi connectivity index (χ2n) is 9.06. The van der Waals surface area contributed by atoms with Gasteiger partial charge in [0, 0.05) is 24.0 Å². The van der Waals surface area contributed by atoms with E-state index < -0.39 is 13.0 Å². The van der Waals surface area contributed by atoms with E-state index in [1.54, 1.807) is 0 Å². The number of aromatic nitrogens is 1. The highest BCUT2D eigenvalue weighted by Crippen LogP contribution is 2.31. The van der Waals surface area contributed by atoms with Crippen molar-refractivity contribution in [2.24, 2.45) is 5.92 Å². The van der Waals surface area contributed by atoms with Crippen LogP contribution in [0.4, 0.5) is 8.78 Å². The summed E-state index contributed by atoms with van der Waals surface area (Å²) >= 11 is 1.40. The lowest BCUT2D eigenvalue weighted by molar-refractivity contribution is -0.122. The van der Waals surface area contributed by atoms with Crippen molar-refractivity contribution in [3.05, 3.63) is 40.9 Å². The Morgan fingerprint density at radius 1 is 1.18 bits per heavy atom. The zero-order valence-corrected chi connectivity index (χ0v) is 20.2. The van der Waals surface area contributed by atoms with E-state index in [-0.39, 0.29) is 11.9 Å². The minimum Gasteiger partial charge on any atom is -0.493 e. The molecule has 0 atom stereocenters. The molecule has 34 heavy (non-hydrogen) atoms. The second-order valence-corrected chi connectivity index (χ2v) is 10.1. The SMILES string of the molecule is O=C(CCOc1ccccc1)NC1CCC(CCN2CCc3sc(OCC(F)F)nc3C2)CC1. The molecule has 1 N–H and O–H groups in total. The molecule has 1 aromatic carbocycles. The summed E-state index contributed by atoms with van der Waals surface area (Å²) in [5.41, 5.74) is 0.975. The number of hydrogen-bond donors (Lipinski definition) is 1. The Hall–Kier alpha value is -2.26. The van der Waals surface area contributed by atoms with Crippen LogP contribution in [0.15, 0.2) is 30.3 Å². The molecule has 0 spiro atoms. The molecule has 1 aliphatic heterocycles. The molecule has 0 bridgehead atoms. The summed E-state index contributed by atoms with van der Waals surface area (Å²) < 4.78 is 35.4. The van der Waals surface area contributed by atoms with Crippen LogP contribution in [0.5, 0.6) is 10.9 Å². The second kappa shape index (κ2) is 12.4. The number of halogens is 2. The molecule has 6 nitrogen and oxygen atoms in total. The number of fused-ring (bicyclic) bond motifs is 1. The molecule has 1 aliphatic carbocycles. The van der Waals surface area contributed by atoms with E-state index >= 15 is 0 Å². The van der Waals surface area contributed by atoms with E-state index in [0.717, 1.165) is 74.5 Å². The van der Waals surface area contributed by atoms with Crippen molar-refractivity contribution >= 4 is 17.2 Å². The van der Waals surface area contributed by atoms with Gasteiger partial charge in [0.15, 0.2) is 6.61 Å². The number of para-hydroxylation sites is 1. The molecular formula is C25H33F2N3O3S. The van der Waals surface area contributed by atoms with Crippen LogP contribution in [0.2, 0.25) is 0 Å². The van der Waals surface area contributed by atoms with Gasteiger partial charge in [-0.15, -0.1) is 0 Å². The Labute approximate surface area is 203 Å². The monoisotopic (exact) mass is 493 g/mol. The van der Waals surface area contributed by atoms with Gasteiger partial charge >= 0.3 is 0 Å². The van der Waals surface area contributed by atoms with Crippen molar-refractivity contribution in [3.8, 4) is 10.9 Å². The van der Waals surface area contributed by atoms with Crippen molar-refractivity contribution in [2.45, 2.75) is 64.0 Å². The number of carbonyl (C=O) groups is 1. The van der Waals surface area contributed by atoms with E-state index in [9.17, 15) is 13.6 Å². The average molecular weight is 494 g/mol. The zero-order valence-electron chi connectivity index (χ0n) is 19.4. The molecule has 9 heteroatoms. The van der Waals surface area contributed by atoms with Crippen molar-refractivity contribution in [1.82, 2.24) is 15.2 Å². The Morgan fingerprint density at radius 3 is 2.74 bits per heavy atom. The van der Waals surface area contributed by atoms with E-state index in [4.69, 9.17) is 9.47 Å². The normalized spacial score (nSPS) is 20.7. The molecule has 4 rings (SSSR count). The maximum absolute atomic E-state index is 12.4. The summed E-state index contributed by atoms with van der Waals surface area (Å²) in [6, 6.07) is 9.81. The van der Waals surface area contributed by atoms with E-state index in [1.165, 1.54) is 11.3 Å². The van der Waals surface area contributed by atoms with Crippen LogP contribution in [0.25, 0.3) is 0 Å². The third kappa shape index (κ3) is 7.63. The molecule has 1 fully saturated rings. The van der Waals surface area contributed by atoms with Gasteiger partial charge in [-0.25, -0.2) is 13.8 Å². The summed E-state index contributed by atoms with van der Waals surface area (Å²) in [4.78, 5) is 20.2. The summed E-state index contributed by atoms with van der Waals surface area (Å²) in [5.74, 6) is 1.52. The van der Waals surface area contributed by atoms with Crippen molar-refractivity contribution in [2.75, 3.05) is 26.3 Å². The average Bonchev–Trinajstić information content (AvgIpc) is 3.25. The maximum atomic E-state index is 12.4. The molecule has 2 aliphatic rings. The standard InChI is InChI=1S/C25H33F2N3O3S/c26-23(27)17-33-25-29-21-16-30(14-11-22(21)34-25)13-10-18-6-8-19(9-7-18)28-24(31)12-15-32-20-4-2-1-3-5-20/h1-5,18-19,23H,6-17H2,(H,28,31). The Balaban J connectivity index is 1.10. The van der Waals surface area contributed by atoms with Gasteiger partial charge in [-0.2, -0.15) is 0 Å². The third-order valence-electron chi connectivity index (χ3n) is 6.53. The number of hydrogen-bond acceptors (Lipinski definition) is 6. The topological polar surface area (TPSA) is 63.7 Å². The van der Waals surface area contributed by atoms with Gasteiger partial charge < -0.3 is 14.8 Å². The third-order valence-corrected chi connectivity index (χ3v) is 7.60. The van der Waals surface area contributed by atoms with Crippen LogP contribution in [-0.2, 0) is 17.8 Å². The molecule has 186 valence electrons. The first kappa shape index (κ1) is 24.9. The zero-order chi connectivity index (χ0) is 23.8. The lowest BCUT2D eigenvalue weighted by Gasteiger charge is -2.32. The van der Waals surface area contributed by atoms with Crippen molar-refractivity contribution < 1.29 is 23.0 Å². The van der Waals surface area contributed by atoms with Crippen LogP contribution < -0.4 is 14.8 Å². The quantitative estimate of drug-likeness (QED) is 0.493. The molecule has 0 radical (unpaired) electrons. The molecule has 0 saturated heterocycles. The highest BCUT2D eigenvalue weighted by molar-refractivity contribution is 7.13. The Morgan fingerprint density at radius 2 is 1.97 bits per heavy atom. The van der Waals surface area contributed by atoms with E-state index in [0.29, 0.717) is 24.1 Å². The van der Waals surface area contributed by atoms with Crippen LogP contribution in [-0.4, -0.2) is 54.6 Å². The van der Waals surface area contributed by atoms with Crippen LogP contribution in [0, 0.1) is 5.92 Å². The molecule has 2 heterocycles. The molecule has 1 saturated carbocycles. The van der Waals surface area contributed by atoms with Gasteiger partial charge in [0.05, 0.1) is 18.7 Å². The number of nitrogens with zero attached hydrogens (tertiary/aromatic N) is 2. The number of benzene rings is 1.